The van der Waals surface area contributed by atoms with Crippen molar-refractivity contribution in [2.75, 3.05) is 6.54 Å². The smallest absolute Gasteiger partial charge is 0.268 e. The highest BCUT2D eigenvalue weighted by molar-refractivity contribution is 7.15. The third kappa shape index (κ3) is 5.16. The number of carbonyl (C=O) groups is 1. The van der Waals surface area contributed by atoms with Gasteiger partial charge in [-0.2, -0.15) is 5.10 Å². The van der Waals surface area contributed by atoms with E-state index in [9.17, 15) is 9.59 Å². The molecule has 0 unspecified atom stereocenters. The predicted octanol–water partition coefficient (Wildman–Crippen LogP) is 4.83. The zero-order valence-corrected chi connectivity index (χ0v) is 22.4. The quantitative estimate of drug-likeness (QED) is 0.312. The second-order valence-corrected chi connectivity index (χ2v) is 10.2. The van der Waals surface area contributed by atoms with Crippen LogP contribution in [0, 0.1) is 13.8 Å². The van der Waals surface area contributed by atoms with Gasteiger partial charge >= 0.3 is 0 Å². The van der Waals surface area contributed by atoms with Crippen molar-refractivity contribution < 1.29 is 4.79 Å². The predicted molar refractivity (Wildman–Crippen MR) is 146 cm³/mol. The first-order valence-electron chi connectivity index (χ1n) is 11.5. The van der Waals surface area contributed by atoms with Crippen molar-refractivity contribution in [3.05, 3.63) is 97.2 Å². The molecule has 8 nitrogen and oxygen atoms in total. The second kappa shape index (κ2) is 10.5. The summed E-state index contributed by atoms with van der Waals surface area (Å²) in [7, 11) is 0. The van der Waals surface area contributed by atoms with E-state index in [-0.39, 0.29) is 17.9 Å². The number of hydrogen-bond donors (Lipinski definition) is 1. The van der Waals surface area contributed by atoms with Crippen LogP contribution in [0.3, 0.4) is 0 Å². The lowest BCUT2D eigenvalue weighted by Gasteiger charge is -2.07. The fourth-order valence-corrected chi connectivity index (χ4v) is 5.32. The molecule has 1 amide bonds. The normalized spacial score (nSPS) is 11.2. The number of aromatic nitrogens is 5. The minimum absolute atomic E-state index is 0.0586. The van der Waals surface area contributed by atoms with Gasteiger partial charge in [0.05, 0.1) is 33.4 Å². The van der Waals surface area contributed by atoms with Gasteiger partial charge in [-0.15, -0.1) is 11.3 Å². The van der Waals surface area contributed by atoms with Gasteiger partial charge in [0.1, 0.15) is 5.69 Å². The first kappa shape index (κ1) is 25.1. The van der Waals surface area contributed by atoms with Crippen LogP contribution < -0.4 is 10.9 Å². The van der Waals surface area contributed by atoms with Gasteiger partial charge in [0.15, 0.2) is 4.96 Å². The monoisotopic (exact) mass is 552 g/mol. The summed E-state index contributed by atoms with van der Waals surface area (Å²) in [5, 5.41) is 10.2. The van der Waals surface area contributed by atoms with Gasteiger partial charge in [-0.05, 0) is 50.2 Å². The molecule has 1 N–H and O–H groups in total. The maximum Gasteiger partial charge on any atom is 0.268 e. The molecule has 0 bridgehead atoms. The van der Waals surface area contributed by atoms with Gasteiger partial charge in [0.25, 0.3) is 5.56 Å². The molecule has 188 valence electrons. The number of nitrogens with zero attached hydrogens (tertiary/aromatic N) is 5. The molecular weight excluding hydrogens is 531 g/mol. The highest BCUT2D eigenvalue weighted by Crippen LogP contribution is 2.27. The molecule has 0 fully saturated rings. The van der Waals surface area contributed by atoms with E-state index in [0.717, 1.165) is 17.1 Å². The molecule has 0 radical (unpaired) electrons. The maximum absolute atomic E-state index is 13.7. The lowest BCUT2D eigenvalue weighted by Crippen LogP contribution is -2.29. The number of hydrogen-bond acceptors (Lipinski definition) is 6. The van der Waals surface area contributed by atoms with Crippen molar-refractivity contribution in [3.8, 4) is 16.9 Å². The number of thiazole rings is 1. The standard InChI is InChI=1S/C26H22Cl2N6O2S/c1-15-11-22(32-34(15)18-6-7-20(27)21(28)12-18)24-16(2)31-26-33(25(24)36)19(14-37-26)13-23(35)30-10-8-17-5-3-4-9-29-17/h3-7,9,11-12,14H,8,10,13H2,1-2H3,(H,30,35). The average Bonchev–Trinajstić information content (AvgIpc) is 3.44. The highest BCUT2D eigenvalue weighted by atomic mass is 35.5. The van der Waals surface area contributed by atoms with E-state index in [2.05, 4.69) is 20.4 Å². The van der Waals surface area contributed by atoms with Crippen LogP contribution in [0.1, 0.15) is 22.8 Å². The molecule has 1 aromatic carbocycles. The molecule has 37 heavy (non-hydrogen) atoms. The van der Waals surface area contributed by atoms with Crippen molar-refractivity contribution in [2.45, 2.75) is 26.7 Å². The van der Waals surface area contributed by atoms with Crippen LogP contribution in [-0.4, -0.2) is 36.6 Å². The Bertz CT molecular complexity index is 1680. The Morgan fingerprint density at radius 2 is 1.95 bits per heavy atom. The minimum Gasteiger partial charge on any atom is -0.355 e. The lowest BCUT2D eigenvalue weighted by atomic mass is 10.1. The van der Waals surface area contributed by atoms with Crippen molar-refractivity contribution in [1.82, 2.24) is 29.5 Å². The highest BCUT2D eigenvalue weighted by Gasteiger charge is 2.20. The van der Waals surface area contributed by atoms with Crippen molar-refractivity contribution in [2.24, 2.45) is 0 Å². The number of amides is 1. The van der Waals surface area contributed by atoms with E-state index >= 15 is 0 Å². The number of fused-ring (bicyclic) bond motifs is 1. The number of pyridine rings is 1. The largest absolute Gasteiger partial charge is 0.355 e. The fourth-order valence-electron chi connectivity index (χ4n) is 4.10. The Hall–Kier alpha value is -3.53. The minimum atomic E-state index is -0.265. The summed E-state index contributed by atoms with van der Waals surface area (Å²) >= 11 is 13.6. The molecule has 4 aromatic heterocycles. The Labute approximate surface area is 226 Å². The van der Waals surface area contributed by atoms with E-state index in [1.807, 2.05) is 37.3 Å². The van der Waals surface area contributed by atoms with Crippen LogP contribution in [-0.2, 0) is 17.6 Å². The summed E-state index contributed by atoms with van der Waals surface area (Å²) in [6.07, 6.45) is 2.41. The Balaban J connectivity index is 1.43. The summed E-state index contributed by atoms with van der Waals surface area (Å²) < 4.78 is 3.20. The molecule has 0 saturated carbocycles. The van der Waals surface area contributed by atoms with Crippen molar-refractivity contribution in [1.29, 1.82) is 0 Å². The SMILES string of the molecule is Cc1nc2scc(CC(=O)NCCc3ccccn3)n2c(=O)c1-c1cc(C)n(-c2ccc(Cl)c(Cl)c2)n1. The molecular formula is C26H22Cl2N6O2S. The third-order valence-corrected chi connectivity index (χ3v) is 7.50. The molecule has 0 aliphatic heterocycles. The number of benzene rings is 1. The van der Waals surface area contributed by atoms with E-state index in [1.54, 1.807) is 35.3 Å². The molecule has 5 aromatic rings. The molecule has 0 saturated heterocycles. The molecule has 0 spiro atoms. The number of carbonyl (C=O) groups excluding carboxylic acids is 1. The van der Waals surface area contributed by atoms with Crippen LogP contribution in [0.15, 0.2) is 58.8 Å². The topological polar surface area (TPSA) is 94.2 Å². The second-order valence-electron chi connectivity index (χ2n) is 8.50. The van der Waals surface area contributed by atoms with Crippen molar-refractivity contribution >= 4 is 45.4 Å². The maximum atomic E-state index is 13.7. The summed E-state index contributed by atoms with van der Waals surface area (Å²) in [5.41, 5.74) is 4.20. The Morgan fingerprint density at radius 3 is 2.70 bits per heavy atom. The van der Waals surface area contributed by atoms with Gasteiger partial charge in [0, 0.05) is 41.6 Å². The zero-order chi connectivity index (χ0) is 26.1. The van der Waals surface area contributed by atoms with Crippen LogP contribution in [0.2, 0.25) is 10.0 Å². The fraction of sp³-hybridized carbons (Fsp3) is 0.192. The van der Waals surface area contributed by atoms with E-state index in [4.69, 9.17) is 23.2 Å². The van der Waals surface area contributed by atoms with Crippen LogP contribution in [0.5, 0.6) is 0 Å². The first-order valence-corrected chi connectivity index (χ1v) is 13.1. The number of halogens is 2. The molecule has 0 atom stereocenters. The van der Waals surface area contributed by atoms with Crippen LogP contribution >= 0.6 is 34.5 Å². The van der Waals surface area contributed by atoms with Crippen LogP contribution in [0.25, 0.3) is 21.9 Å². The molecule has 4 heterocycles. The van der Waals surface area contributed by atoms with E-state index in [0.29, 0.717) is 50.6 Å². The van der Waals surface area contributed by atoms with E-state index < -0.39 is 0 Å². The van der Waals surface area contributed by atoms with Gasteiger partial charge in [0.2, 0.25) is 5.91 Å². The van der Waals surface area contributed by atoms with Gasteiger partial charge in [-0.1, -0.05) is 29.3 Å². The van der Waals surface area contributed by atoms with Crippen molar-refractivity contribution in [3.63, 3.8) is 0 Å². The van der Waals surface area contributed by atoms with Gasteiger partial charge in [-0.25, -0.2) is 9.67 Å². The summed E-state index contributed by atoms with van der Waals surface area (Å²) in [4.78, 5) is 35.7. The zero-order valence-electron chi connectivity index (χ0n) is 20.0. The number of rotatable bonds is 7. The molecule has 11 heteroatoms. The van der Waals surface area contributed by atoms with Gasteiger partial charge in [-0.3, -0.25) is 19.0 Å². The molecule has 0 aliphatic rings. The number of aryl methyl sites for hydroxylation is 2. The summed E-state index contributed by atoms with van der Waals surface area (Å²) in [5.74, 6) is -0.176. The number of nitrogens with one attached hydrogen (secondary N) is 1. The molecule has 5 rings (SSSR count). The van der Waals surface area contributed by atoms with Gasteiger partial charge < -0.3 is 5.32 Å². The van der Waals surface area contributed by atoms with Crippen LogP contribution in [0.4, 0.5) is 0 Å². The van der Waals surface area contributed by atoms with E-state index in [1.165, 1.54) is 15.7 Å². The Kier molecular flexibility index (Phi) is 7.10. The molecule has 0 aliphatic carbocycles. The third-order valence-electron chi connectivity index (χ3n) is 5.88. The summed E-state index contributed by atoms with van der Waals surface area (Å²) in [6, 6.07) is 12.7. The summed E-state index contributed by atoms with van der Waals surface area (Å²) in [6.45, 7) is 4.14. The first-order chi connectivity index (χ1) is 17.8. The average molecular weight is 553 g/mol. The lowest BCUT2D eigenvalue weighted by molar-refractivity contribution is -0.120. The Morgan fingerprint density at radius 1 is 1.11 bits per heavy atom.